The quantitative estimate of drug-likeness (QED) is 0.925. The van der Waals surface area contributed by atoms with E-state index in [2.05, 4.69) is 4.98 Å². The molecule has 1 N–H and O–H groups in total. The van der Waals surface area contributed by atoms with E-state index < -0.39 is 5.97 Å². The zero-order valence-electron chi connectivity index (χ0n) is 13.0. The molecule has 0 atom stereocenters. The summed E-state index contributed by atoms with van der Waals surface area (Å²) in [6.45, 7) is 1.17. The topological polar surface area (TPSA) is 70.5 Å². The molecule has 0 bridgehead atoms. The van der Waals surface area contributed by atoms with Crippen LogP contribution in [0, 0.1) is 0 Å². The molecule has 2 aromatic rings. The van der Waals surface area contributed by atoms with Gasteiger partial charge in [0.15, 0.2) is 0 Å². The van der Waals surface area contributed by atoms with Crippen LogP contribution in [0.5, 0.6) is 0 Å². The van der Waals surface area contributed by atoms with Crippen molar-refractivity contribution in [3.63, 3.8) is 0 Å². The fraction of sp³-hybridized carbons (Fsp3) is 0.278. The predicted molar refractivity (Wildman–Crippen MR) is 90.5 cm³/mol. The molecule has 0 unspecified atom stereocenters. The molecule has 1 fully saturated rings. The minimum Gasteiger partial charge on any atom is -0.478 e. The molecule has 2 heterocycles. The summed E-state index contributed by atoms with van der Waals surface area (Å²) in [6.07, 6.45) is 2.94. The number of piperidine rings is 1. The van der Waals surface area contributed by atoms with Gasteiger partial charge in [-0.05, 0) is 42.5 Å². The number of nitrogens with zero attached hydrogens (tertiary/aromatic N) is 2. The second kappa shape index (κ2) is 7.01. The van der Waals surface area contributed by atoms with E-state index in [1.165, 1.54) is 6.20 Å². The average molecular weight is 345 g/mol. The van der Waals surface area contributed by atoms with Gasteiger partial charge in [0.2, 0.25) is 0 Å². The smallest absolute Gasteiger partial charge is 0.335 e. The van der Waals surface area contributed by atoms with E-state index in [4.69, 9.17) is 11.6 Å². The summed E-state index contributed by atoms with van der Waals surface area (Å²) in [5, 5.41) is 9.82. The Morgan fingerprint density at radius 1 is 1.12 bits per heavy atom. The zero-order chi connectivity index (χ0) is 17.1. The number of pyridine rings is 1. The van der Waals surface area contributed by atoms with Gasteiger partial charge in [-0.25, -0.2) is 9.78 Å². The van der Waals surface area contributed by atoms with E-state index in [0.717, 1.165) is 18.4 Å². The number of carboxylic acids is 1. The van der Waals surface area contributed by atoms with E-state index in [-0.39, 0.29) is 11.8 Å². The normalized spacial score (nSPS) is 15.3. The maximum absolute atomic E-state index is 12.5. The van der Waals surface area contributed by atoms with Crippen LogP contribution in [0.15, 0.2) is 42.6 Å². The van der Waals surface area contributed by atoms with E-state index in [1.54, 1.807) is 29.2 Å². The highest BCUT2D eigenvalue weighted by Crippen LogP contribution is 2.30. The van der Waals surface area contributed by atoms with E-state index in [9.17, 15) is 14.7 Å². The Kier molecular flexibility index (Phi) is 4.81. The zero-order valence-corrected chi connectivity index (χ0v) is 13.7. The van der Waals surface area contributed by atoms with Gasteiger partial charge in [-0.3, -0.25) is 4.79 Å². The Balaban J connectivity index is 1.69. The lowest BCUT2D eigenvalue weighted by Crippen LogP contribution is -2.38. The lowest BCUT2D eigenvalue weighted by molar-refractivity contribution is 0.0678. The number of rotatable bonds is 3. The molecule has 1 aromatic carbocycles. The molecular formula is C18H17ClN2O3. The highest BCUT2D eigenvalue weighted by molar-refractivity contribution is 6.30. The number of amides is 1. The maximum Gasteiger partial charge on any atom is 0.335 e. The minimum absolute atomic E-state index is 0.114. The van der Waals surface area contributed by atoms with Gasteiger partial charge < -0.3 is 10.0 Å². The molecule has 1 amide bonds. The first-order valence-corrected chi connectivity index (χ1v) is 8.17. The highest BCUT2D eigenvalue weighted by Gasteiger charge is 2.27. The first-order valence-electron chi connectivity index (χ1n) is 7.79. The van der Waals surface area contributed by atoms with Gasteiger partial charge in [-0.1, -0.05) is 29.8 Å². The first kappa shape index (κ1) is 16.5. The number of hydrogen-bond acceptors (Lipinski definition) is 3. The van der Waals surface area contributed by atoms with Crippen molar-refractivity contribution in [2.75, 3.05) is 13.1 Å². The van der Waals surface area contributed by atoms with Gasteiger partial charge in [0.05, 0.1) is 10.6 Å². The Bertz CT molecular complexity index is 753. The van der Waals surface area contributed by atoms with Crippen LogP contribution in [0.4, 0.5) is 0 Å². The molecule has 0 aliphatic carbocycles. The van der Waals surface area contributed by atoms with Crippen molar-refractivity contribution in [2.24, 2.45) is 0 Å². The summed E-state index contributed by atoms with van der Waals surface area (Å²) < 4.78 is 0. The largest absolute Gasteiger partial charge is 0.478 e. The molecule has 6 heteroatoms. The molecule has 1 aromatic heterocycles. The van der Waals surface area contributed by atoms with Gasteiger partial charge in [0.25, 0.3) is 5.91 Å². The third-order valence-electron chi connectivity index (χ3n) is 4.36. The second-order valence-corrected chi connectivity index (χ2v) is 6.26. The summed E-state index contributed by atoms with van der Waals surface area (Å²) in [4.78, 5) is 29.6. The van der Waals surface area contributed by atoms with Crippen molar-refractivity contribution < 1.29 is 14.7 Å². The third-order valence-corrected chi connectivity index (χ3v) is 4.58. The minimum atomic E-state index is -0.908. The number of benzene rings is 1. The Morgan fingerprint density at radius 3 is 2.46 bits per heavy atom. The van der Waals surface area contributed by atoms with E-state index in [1.807, 2.05) is 12.1 Å². The van der Waals surface area contributed by atoms with Gasteiger partial charge in [-0.2, -0.15) is 0 Å². The van der Waals surface area contributed by atoms with Crippen LogP contribution in [0.25, 0.3) is 0 Å². The lowest BCUT2D eigenvalue weighted by atomic mass is 9.86. The average Bonchev–Trinajstić information content (AvgIpc) is 2.62. The van der Waals surface area contributed by atoms with Crippen molar-refractivity contribution in [1.29, 1.82) is 0 Å². The van der Waals surface area contributed by atoms with Crippen LogP contribution >= 0.6 is 11.6 Å². The summed E-state index contributed by atoms with van der Waals surface area (Å²) in [6, 6.07) is 10.4. The number of aromatic nitrogens is 1. The summed E-state index contributed by atoms with van der Waals surface area (Å²) in [5.41, 5.74) is 1.58. The molecule has 3 rings (SSSR count). The molecule has 0 spiro atoms. The van der Waals surface area contributed by atoms with Crippen LogP contribution in [0.1, 0.15) is 45.2 Å². The third kappa shape index (κ3) is 3.41. The van der Waals surface area contributed by atoms with Crippen molar-refractivity contribution in [2.45, 2.75) is 18.8 Å². The molecule has 0 saturated carbocycles. The Labute approximate surface area is 144 Å². The van der Waals surface area contributed by atoms with Crippen LogP contribution in [0.2, 0.25) is 5.02 Å². The SMILES string of the molecule is O=C(O)c1ccccc1C1CCN(C(=O)c2ccc(Cl)cn2)CC1. The molecule has 24 heavy (non-hydrogen) atoms. The van der Waals surface area contributed by atoms with Gasteiger partial charge in [-0.15, -0.1) is 0 Å². The first-order chi connectivity index (χ1) is 11.6. The van der Waals surface area contributed by atoms with Crippen LogP contribution < -0.4 is 0 Å². The Hall–Kier alpha value is -2.40. The number of carbonyl (C=O) groups excluding carboxylic acids is 1. The molecule has 1 saturated heterocycles. The van der Waals surface area contributed by atoms with Gasteiger partial charge in [0, 0.05) is 19.3 Å². The number of carboxylic acid groups (broad SMARTS) is 1. The fourth-order valence-electron chi connectivity index (χ4n) is 3.11. The molecule has 1 aliphatic heterocycles. The van der Waals surface area contributed by atoms with E-state index >= 15 is 0 Å². The van der Waals surface area contributed by atoms with Gasteiger partial charge >= 0.3 is 5.97 Å². The standard InChI is InChI=1S/C18H17ClN2O3/c19-13-5-6-16(20-11-13)17(22)21-9-7-12(8-10-21)14-3-1-2-4-15(14)18(23)24/h1-6,11-12H,7-10H2,(H,23,24). The van der Waals surface area contributed by atoms with Crippen molar-refractivity contribution in [1.82, 2.24) is 9.88 Å². The molecular weight excluding hydrogens is 328 g/mol. The fourth-order valence-corrected chi connectivity index (χ4v) is 3.22. The van der Waals surface area contributed by atoms with Crippen molar-refractivity contribution in [3.8, 4) is 0 Å². The second-order valence-electron chi connectivity index (χ2n) is 5.82. The highest BCUT2D eigenvalue weighted by atomic mass is 35.5. The summed E-state index contributed by atoms with van der Waals surface area (Å²) >= 11 is 5.79. The number of halogens is 1. The number of hydrogen-bond donors (Lipinski definition) is 1. The lowest BCUT2D eigenvalue weighted by Gasteiger charge is -2.32. The molecule has 1 aliphatic rings. The maximum atomic E-state index is 12.5. The monoisotopic (exact) mass is 344 g/mol. The van der Waals surface area contributed by atoms with Crippen LogP contribution in [-0.4, -0.2) is 40.0 Å². The van der Waals surface area contributed by atoms with Crippen molar-refractivity contribution >= 4 is 23.5 Å². The predicted octanol–water partition coefficient (Wildman–Crippen LogP) is 3.45. The molecule has 5 nitrogen and oxygen atoms in total. The Morgan fingerprint density at radius 2 is 1.83 bits per heavy atom. The number of likely N-dealkylation sites (tertiary alicyclic amines) is 1. The van der Waals surface area contributed by atoms with Crippen molar-refractivity contribution in [3.05, 3.63) is 64.4 Å². The van der Waals surface area contributed by atoms with E-state index in [0.29, 0.717) is 29.4 Å². The summed E-state index contributed by atoms with van der Waals surface area (Å²) in [7, 11) is 0. The number of carbonyl (C=O) groups is 2. The van der Waals surface area contributed by atoms with Gasteiger partial charge in [0.1, 0.15) is 5.69 Å². The summed E-state index contributed by atoms with van der Waals surface area (Å²) in [5.74, 6) is -0.870. The molecule has 0 radical (unpaired) electrons. The van der Waals surface area contributed by atoms with Crippen LogP contribution in [0.3, 0.4) is 0 Å². The number of aromatic carboxylic acids is 1. The van der Waals surface area contributed by atoms with Crippen LogP contribution in [-0.2, 0) is 0 Å². The molecule has 124 valence electrons.